The van der Waals surface area contributed by atoms with Gasteiger partial charge in [0.2, 0.25) is 0 Å². The first-order valence-electron chi connectivity index (χ1n) is 11.6. The number of nitrogens with zero attached hydrogens (tertiary/aromatic N) is 1. The molecule has 2 atom stereocenters. The van der Waals surface area contributed by atoms with Crippen molar-refractivity contribution in [2.24, 2.45) is 5.92 Å². The number of halogens is 3. The Bertz CT molecular complexity index is 1060. The van der Waals surface area contributed by atoms with Crippen molar-refractivity contribution in [2.45, 2.75) is 89.1 Å². The lowest BCUT2D eigenvalue weighted by molar-refractivity contribution is -0.138. The molecule has 32 heavy (non-hydrogen) atoms. The molecule has 0 N–H and O–H groups in total. The summed E-state index contributed by atoms with van der Waals surface area (Å²) in [6, 6.07) is 13.3. The minimum Gasteiger partial charge on any atom is -0.192 e. The summed E-state index contributed by atoms with van der Waals surface area (Å²) in [5, 5.41) is 9.62. The fourth-order valence-corrected chi connectivity index (χ4v) is 5.04. The second-order valence-electron chi connectivity index (χ2n) is 11.4. The predicted molar refractivity (Wildman–Crippen MR) is 122 cm³/mol. The molecule has 0 bridgehead atoms. The highest BCUT2D eigenvalue weighted by Crippen LogP contribution is 2.55. The summed E-state index contributed by atoms with van der Waals surface area (Å²) in [5.74, 6) is 0.844. The second kappa shape index (κ2) is 7.65. The van der Waals surface area contributed by atoms with Crippen LogP contribution in [0.15, 0.2) is 36.4 Å². The van der Waals surface area contributed by atoms with Crippen LogP contribution in [0, 0.1) is 17.2 Å². The summed E-state index contributed by atoms with van der Waals surface area (Å²) in [6.45, 7) is 10.8. The molecule has 4 rings (SSSR count). The van der Waals surface area contributed by atoms with Gasteiger partial charge in [-0.25, -0.2) is 0 Å². The Hall–Kier alpha value is -2.28. The quantitative estimate of drug-likeness (QED) is 0.460. The molecular weight excluding hydrogens is 407 g/mol. The van der Waals surface area contributed by atoms with Crippen LogP contribution < -0.4 is 0 Å². The van der Waals surface area contributed by atoms with E-state index in [0.717, 1.165) is 42.4 Å². The molecule has 0 saturated heterocycles. The van der Waals surface area contributed by atoms with Gasteiger partial charge in [0.1, 0.15) is 0 Å². The van der Waals surface area contributed by atoms with Gasteiger partial charge in [0, 0.05) is 0 Å². The molecule has 0 amide bonds. The van der Waals surface area contributed by atoms with Crippen molar-refractivity contribution in [2.75, 3.05) is 0 Å². The van der Waals surface area contributed by atoms with E-state index in [1.54, 1.807) is 6.07 Å². The molecule has 0 aromatic heterocycles. The van der Waals surface area contributed by atoms with E-state index in [1.807, 2.05) is 18.2 Å². The lowest BCUT2D eigenvalue weighted by Crippen LogP contribution is -2.20. The van der Waals surface area contributed by atoms with E-state index >= 15 is 0 Å². The number of hydrogen-bond donors (Lipinski definition) is 0. The van der Waals surface area contributed by atoms with Gasteiger partial charge in [0.05, 0.1) is 17.2 Å². The van der Waals surface area contributed by atoms with Gasteiger partial charge in [0.25, 0.3) is 0 Å². The SMILES string of the molecule is CC(C)(C)c1ccc(C#N)c(C2CC2CC(C)(C)c2ccc(C(F)(F)F)c(C3CC3)c2)c1. The third-order valence-corrected chi connectivity index (χ3v) is 7.29. The molecule has 0 radical (unpaired) electrons. The van der Waals surface area contributed by atoms with Gasteiger partial charge in [-0.3, -0.25) is 0 Å². The average Bonchev–Trinajstić information content (AvgIpc) is 3.61. The highest BCUT2D eigenvalue weighted by atomic mass is 19.4. The lowest BCUT2D eigenvalue weighted by Gasteiger charge is -2.27. The number of alkyl halides is 3. The van der Waals surface area contributed by atoms with Crippen LogP contribution in [0.4, 0.5) is 13.2 Å². The van der Waals surface area contributed by atoms with Crippen molar-refractivity contribution in [3.8, 4) is 6.07 Å². The van der Waals surface area contributed by atoms with Gasteiger partial charge in [0.15, 0.2) is 0 Å². The van der Waals surface area contributed by atoms with Gasteiger partial charge in [-0.2, -0.15) is 18.4 Å². The molecule has 1 nitrogen and oxygen atoms in total. The molecule has 0 spiro atoms. The summed E-state index contributed by atoms with van der Waals surface area (Å²) in [7, 11) is 0. The van der Waals surface area contributed by atoms with Gasteiger partial charge < -0.3 is 0 Å². The molecule has 0 heterocycles. The van der Waals surface area contributed by atoms with Crippen LogP contribution in [-0.2, 0) is 17.0 Å². The van der Waals surface area contributed by atoms with E-state index < -0.39 is 11.7 Å². The molecule has 170 valence electrons. The van der Waals surface area contributed by atoms with E-state index in [9.17, 15) is 18.4 Å². The van der Waals surface area contributed by atoms with E-state index in [-0.39, 0.29) is 16.7 Å². The third kappa shape index (κ3) is 4.58. The molecule has 2 aliphatic carbocycles. The fraction of sp³-hybridized carbons (Fsp3) is 0.536. The molecule has 2 saturated carbocycles. The first-order chi connectivity index (χ1) is 14.8. The molecule has 2 aliphatic rings. The minimum absolute atomic E-state index is 0.0197. The number of benzene rings is 2. The van der Waals surface area contributed by atoms with Gasteiger partial charge in [-0.1, -0.05) is 58.9 Å². The van der Waals surface area contributed by atoms with E-state index in [4.69, 9.17) is 0 Å². The Kier molecular flexibility index (Phi) is 5.47. The fourth-order valence-electron chi connectivity index (χ4n) is 5.04. The monoisotopic (exact) mass is 439 g/mol. The number of hydrogen-bond acceptors (Lipinski definition) is 1. The van der Waals surface area contributed by atoms with Crippen molar-refractivity contribution in [1.82, 2.24) is 0 Å². The standard InChI is InChI=1S/C28H32F3N/c1-26(2,3)20-9-8-18(16-32)23(13-20)22-12-19(22)15-27(4,5)21-10-11-25(28(29,30)31)24(14-21)17-6-7-17/h8-11,13-14,17,19,22H,6-7,12,15H2,1-5H3. The van der Waals surface area contributed by atoms with Crippen LogP contribution >= 0.6 is 0 Å². The molecule has 2 fully saturated rings. The Morgan fingerprint density at radius 3 is 2.09 bits per heavy atom. The Balaban J connectivity index is 1.56. The van der Waals surface area contributed by atoms with E-state index in [1.165, 1.54) is 11.6 Å². The van der Waals surface area contributed by atoms with Crippen molar-refractivity contribution in [1.29, 1.82) is 5.26 Å². The average molecular weight is 440 g/mol. The maximum absolute atomic E-state index is 13.5. The normalized spacial score (nSPS) is 21.3. The van der Waals surface area contributed by atoms with Gasteiger partial charge in [-0.05, 0) is 88.7 Å². The number of nitriles is 1. The topological polar surface area (TPSA) is 23.8 Å². The molecule has 2 aromatic rings. The van der Waals surface area contributed by atoms with Crippen molar-refractivity contribution in [3.05, 3.63) is 69.8 Å². The zero-order chi connectivity index (χ0) is 23.5. The Labute approximate surface area is 189 Å². The van der Waals surface area contributed by atoms with Crippen LogP contribution in [-0.4, -0.2) is 0 Å². The lowest BCUT2D eigenvalue weighted by atomic mass is 9.77. The smallest absolute Gasteiger partial charge is 0.192 e. The zero-order valence-corrected chi connectivity index (χ0v) is 19.6. The highest BCUT2D eigenvalue weighted by molar-refractivity contribution is 5.47. The van der Waals surface area contributed by atoms with E-state index in [0.29, 0.717) is 17.4 Å². The maximum atomic E-state index is 13.5. The van der Waals surface area contributed by atoms with Crippen LogP contribution in [0.1, 0.15) is 106 Å². The Morgan fingerprint density at radius 1 is 0.906 bits per heavy atom. The van der Waals surface area contributed by atoms with Crippen molar-refractivity contribution >= 4 is 0 Å². The summed E-state index contributed by atoms with van der Waals surface area (Å²) >= 11 is 0. The summed E-state index contributed by atoms with van der Waals surface area (Å²) < 4.78 is 40.5. The molecular formula is C28H32F3N. The zero-order valence-electron chi connectivity index (χ0n) is 19.6. The minimum atomic E-state index is -4.30. The van der Waals surface area contributed by atoms with Crippen molar-refractivity contribution < 1.29 is 13.2 Å². The molecule has 2 unspecified atom stereocenters. The first-order valence-corrected chi connectivity index (χ1v) is 11.6. The van der Waals surface area contributed by atoms with E-state index in [2.05, 4.69) is 46.8 Å². The Morgan fingerprint density at radius 2 is 1.53 bits per heavy atom. The van der Waals surface area contributed by atoms with Gasteiger partial charge >= 0.3 is 6.18 Å². The molecule has 2 aromatic carbocycles. The van der Waals surface area contributed by atoms with Crippen molar-refractivity contribution in [3.63, 3.8) is 0 Å². The summed E-state index contributed by atoms with van der Waals surface area (Å²) in [6.07, 6.45) is -0.676. The number of rotatable bonds is 5. The maximum Gasteiger partial charge on any atom is 0.416 e. The third-order valence-electron chi connectivity index (χ3n) is 7.29. The van der Waals surface area contributed by atoms with Crippen LogP contribution in [0.25, 0.3) is 0 Å². The summed E-state index contributed by atoms with van der Waals surface area (Å²) in [4.78, 5) is 0. The first kappa shape index (κ1) is 22.9. The van der Waals surface area contributed by atoms with Crippen LogP contribution in [0.2, 0.25) is 0 Å². The van der Waals surface area contributed by atoms with Gasteiger partial charge in [-0.15, -0.1) is 0 Å². The second-order valence-corrected chi connectivity index (χ2v) is 11.4. The van der Waals surface area contributed by atoms with Crippen LogP contribution in [0.5, 0.6) is 0 Å². The largest absolute Gasteiger partial charge is 0.416 e. The predicted octanol–water partition coefficient (Wildman–Crippen LogP) is 8.22. The van der Waals surface area contributed by atoms with Crippen LogP contribution in [0.3, 0.4) is 0 Å². The molecule has 0 aliphatic heterocycles. The highest BCUT2D eigenvalue weighted by Gasteiger charge is 2.44. The summed E-state index contributed by atoms with van der Waals surface area (Å²) in [5.41, 5.74) is 3.89. The molecule has 4 heteroatoms.